The second-order valence-corrected chi connectivity index (χ2v) is 5.40. The molecule has 122 valence electrons. The molecule has 0 unspecified atom stereocenters. The van der Waals surface area contributed by atoms with Crippen LogP contribution in [0.3, 0.4) is 0 Å². The third-order valence-corrected chi connectivity index (χ3v) is 4.30. The van der Waals surface area contributed by atoms with E-state index in [1.165, 1.54) is 33.0 Å². The molecule has 0 saturated carbocycles. The van der Waals surface area contributed by atoms with Gasteiger partial charge in [0, 0.05) is 10.8 Å². The number of hydrogen-bond acceptors (Lipinski definition) is 1. The van der Waals surface area contributed by atoms with Crippen molar-refractivity contribution < 1.29 is 4.42 Å². The van der Waals surface area contributed by atoms with Crippen molar-refractivity contribution in [1.29, 1.82) is 0 Å². The first kappa shape index (κ1) is 16.3. The van der Waals surface area contributed by atoms with Crippen LogP contribution in [0.5, 0.6) is 0 Å². The Morgan fingerprint density at radius 1 is 0.667 bits per heavy atom. The third kappa shape index (κ3) is 2.41. The normalized spacial score (nSPS) is 11.2. The van der Waals surface area contributed by atoms with Gasteiger partial charge in [0.15, 0.2) is 0 Å². The lowest BCUT2D eigenvalue weighted by Gasteiger charge is -2.02. The van der Waals surface area contributed by atoms with E-state index in [-0.39, 0.29) is 0 Å². The molecule has 0 N–H and O–H groups in total. The maximum atomic E-state index is 5.99. The van der Waals surface area contributed by atoms with Gasteiger partial charge in [0.1, 0.15) is 11.2 Å². The van der Waals surface area contributed by atoms with E-state index in [0.29, 0.717) is 0 Å². The molecule has 0 aliphatic heterocycles. The first-order valence-electron chi connectivity index (χ1n) is 8.93. The molecule has 1 heteroatoms. The van der Waals surface area contributed by atoms with E-state index >= 15 is 0 Å². The number of benzene rings is 3. The molecule has 3 aromatic carbocycles. The Hall–Kier alpha value is -2.54. The number of hydrogen-bond donors (Lipinski definition) is 0. The van der Waals surface area contributed by atoms with Gasteiger partial charge in [0.05, 0.1) is 0 Å². The Balaban J connectivity index is 0.000000396. The second kappa shape index (κ2) is 6.92. The molecule has 24 heavy (non-hydrogen) atoms. The van der Waals surface area contributed by atoms with Gasteiger partial charge in [0.25, 0.3) is 0 Å². The molecular weight excluding hydrogens is 292 g/mol. The standard InChI is InChI=1S/C19H12O.2C2H6/c1-2-6-14-12(5-1)11-13-9-10-17-19(18(13)14)15-7-3-4-8-16(15)20-17;2*1-2/h1-10H,11H2;2*1-2H3. The van der Waals surface area contributed by atoms with E-state index in [1.54, 1.807) is 0 Å². The Labute approximate surface area is 143 Å². The topological polar surface area (TPSA) is 13.1 Å². The molecule has 0 fully saturated rings. The summed E-state index contributed by atoms with van der Waals surface area (Å²) in [5, 5.41) is 2.49. The summed E-state index contributed by atoms with van der Waals surface area (Å²) in [5.74, 6) is 0. The van der Waals surface area contributed by atoms with E-state index in [0.717, 1.165) is 17.6 Å². The highest BCUT2D eigenvalue weighted by molar-refractivity contribution is 6.14. The van der Waals surface area contributed by atoms with Crippen LogP contribution in [0.15, 0.2) is 65.1 Å². The Bertz CT molecular complexity index is 976. The fourth-order valence-electron chi connectivity index (χ4n) is 3.44. The van der Waals surface area contributed by atoms with Crippen LogP contribution in [-0.2, 0) is 6.42 Å². The molecule has 0 radical (unpaired) electrons. The molecule has 1 aliphatic carbocycles. The minimum Gasteiger partial charge on any atom is -0.456 e. The lowest BCUT2D eigenvalue weighted by molar-refractivity contribution is 0.669. The lowest BCUT2D eigenvalue weighted by atomic mass is 9.99. The van der Waals surface area contributed by atoms with Crippen LogP contribution in [0.4, 0.5) is 0 Å². The van der Waals surface area contributed by atoms with Crippen molar-refractivity contribution in [2.75, 3.05) is 0 Å². The molecule has 0 spiro atoms. The van der Waals surface area contributed by atoms with Gasteiger partial charge in [-0.25, -0.2) is 0 Å². The summed E-state index contributed by atoms with van der Waals surface area (Å²) in [6, 6.07) is 21.3. The van der Waals surface area contributed by atoms with Crippen LogP contribution in [0.2, 0.25) is 0 Å². The van der Waals surface area contributed by atoms with Crippen molar-refractivity contribution in [3.05, 3.63) is 71.8 Å². The van der Waals surface area contributed by atoms with Gasteiger partial charge in [-0.05, 0) is 40.8 Å². The summed E-state index contributed by atoms with van der Waals surface area (Å²) in [4.78, 5) is 0. The summed E-state index contributed by atoms with van der Waals surface area (Å²) in [6.07, 6.45) is 1.03. The molecule has 1 aliphatic rings. The predicted molar refractivity (Wildman–Crippen MR) is 105 cm³/mol. The van der Waals surface area contributed by atoms with Gasteiger partial charge in [-0.15, -0.1) is 0 Å². The highest BCUT2D eigenvalue weighted by atomic mass is 16.3. The molecule has 1 heterocycles. The summed E-state index contributed by atoms with van der Waals surface area (Å²) in [5.41, 5.74) is 7.51. The average molecular weight is 316 g/mol. The average Bonchev–Trinajstić information content (AvgIpc) is 3.22. The van der Waals surface area contributed by atoms with Crippen LogP contribution < -0.4 is 0 Å². The molecule has 0 bridgehead atoms. The van der Waals surface area contributed by atoms with Gasteiger partial charge in [-0.2, -0.15) is 0 Å². The van der Waals surface area contributed by atoms with Crippen LogP contribution >= 0.6 is 0 Å². The number of furan rings is 1. The van der Waals surface area contributed by atoms with Crippen molar-refractivity contribution in [3.63, 3.8) is 0 Å². The maximum Gasteiger partial charge on any atom is 0.136 e. The van der Waals surface area contributed by atoms with Crippen molar-refractivity contribution >= 4 is 21.9 Å². The predicted octanol–water partition coefficient (Wildman–Crippen LogP) is 7.21. The summed E-state index contributed by atoms with van der Waals surface area (Å²) >= 11 is 0. The van der Waals surface area contributed by atoms with Gasteiger partial charge >= 0.3 is 0 Å². The molecule has 0 amide bonds. The molecule has 0 atom stereocenters. The maximum absolute atomic E-state index is 5.99. The zero-order chi connectivity index (χ0) is 17.1. The third-order valence-electron chi connectivity index (χ3n) is 4.30. The van der Waals surface area contributed by atoms with Gasteiger partial charge < -0.3 is 4.42 Å². The molecule has 5 rings (SSSR count). The largest absolute Gasteiger partial charge is 0.456 e. The molecular formula is C23H24O. The fraction of sp³-hybridized carbons (Fsp3) is 0.217. The minimum absolute atomic E-state index is 0.972. The highest BCUT2D eigenvalue weighted by Gasteiger charge is 2.22. The van der Waals surface area contributed by atoms with Crippen LogP contribution in [0.1, 0.15) is 38.8 Å². The SMILES string of the molecule is CC.CC.c1ccc2c(c1)Cc1ccc3oc4ccccc4c3c1-2. The van der Waals surface area contributed by atoms with Gasteiger partial charge in [0.2, 0.25) is 0 Å². The Kier molecular flexibility index (Phi) is 4.71. The molecule has 0 saturated heterocycles. The number of para-hydroxylation sites is 1. The van der Waals surface area contributed by atoms with E-state index in [1.807, 2.05) is 39.8 Å². The smallest absolute Gasteiger partial charge is 0.136 e. The second-order valence-electron chi connectivity index (χ2n) is 5.40. The van der Waals surface area contributed by atoms with Crippen LogP contribution in [0, 0.1) is 0 Å². The van der Waals surface area contributed by atoms with Crippen molar-refractivity contribution in [2.24, 2.45) is 0 Å². The quantitative estimate of drug-likeness (QED) is 0.294. The first-order chi connectivity index (χ1) is 11.9. The highest BCUT2D eigenvalue weighted by Crippen LogP contribution is 2.44. The van der Waals surface area contributed by atoms with E-state index in [2.05, 4.69) is 48.5 Å². The minimum atomic E-state index is 0.972. The molecule has 1 nitrogen and oxygen atoms in total. The Morgan fingerprint density at radius 2 is 1.38 bits per heavy atom. The summed E-state index contributed by atoms with van der Waals surface area (Å²) < 4.78 is 5.99. The molecule has 1 aromatic heterocycles. The van der Waals surface area contributed by atoms with E-state index < -0.39 is 0 Å². The fourth-order valence-corrected chi connectivity index (χ4v) is 3.44. The van der Waals surface area contributed by atoms with Crippen molar-refractivity contribution in [1.82, 2.24) is 0 Å². The van der Waals surface area contributed by atoms with E-state index in [9.17, 15) is 0 Å². The zero-order valence-corrected chi connectivity index (χ0v) is 14.9. The van der Waals surface area contributed by atoms with Crippen LogP contribution in [-0.4, -0.2) is 0 Å². The molecule has 4 aromatic rings. The van der Waals surface area contributed by atoms with E-state index in [4.69, 9.17) is 4.42 Å². The summed E-state index contributed by atoms with van der Waals surface area (Å²) in [6.45, 7) is 8.00. The number of fused-ring (bicyclic) bond motifs is 7. The number of rotatable bonds is 0. The monoisotopic (exact) mass is 316 g/mol. The summed E-state index contributed by atoms with van der Waals surface area (Å²) in [7, 11) is 0. The first-order valence-corrected chi connectivity index (χ1v) is 8.93. The van der Waals surface area contributed by atoms with Crippen LogP contribution in [0.25, 0.3) is 33.1 Å². The van der Waals surface area contributed by atoms with Gasteiger partial charge in [-0.3, -0.25) is 0 Å². The van der Waals surface area contributed by atoms with Crippen molar-refractivity contribution in [3.8, 4) is 11.1 Å². The van der Waals surface area contributed by atoms with Gasteiger partial charge in [-0.1, -0.05) is 76.2 Å². The zero-order valence-electron chi connectivity index (χ0n) is 14.9. The Morgan fingerprint density at radius 3 is 2.21 bits per heavy atom. The lowest BCUT2D eigenvalue weighted by Crippen LogP contribution is -1.79. The van der Waals surface area contributed by atoms with Crippen molar-refractivity contribution in [2.45, 2.75) is 34.1 Å².